The first-order valence-corrected chi connectivity index (χ1v) is 17.5. The van der Waals surface area contributed by atoms with E-state index in [4.69, 9.17) is 13.6 Å². The fourth-order valence-electron chi connectivity index (χ4n) is 5.28. The van der Waals surface area contributed by atoms with Gasteiger partial charge in [-0.05, 0) is 51.1 Å². The van der Waals surface area contributed by atoms with Gasteiger partial charge in [0.15, 0.2) is 22.4 Å². The van der Waals surface area contributed by atoms with Crippen molar-refractivity contribution >= 4 is 28.4 Å². The maximum Gasteiger partial charge on any atom is 0.306 e. The second kappa shape index (κ2) is 8.06. The summed E-state index contributed by atoms with van der Waals surface area (Å²) in [5.41, 5.74) is -0.555. The van der Waals surface area contributed by atoms with Crippen LogP contribution in [-0.2, 0) is 23.2 Å². The van der Waals surface area contributed by atoms with Crippen LogP contribution in [0.3, 0.4) is 0 Å². The largest absolute Gasteiger partial charge is 0.469 e. The van der Waals surface area contributed by atoms with Crippen molar-refractivity contribution in [1.82, 2.24) is 0 Å². The fraction of sp³-hybridized carbons (Fsp3) is 0.818. The summed E-state index contributed by atoms with van der Waals surface area (Å²) in [6, 6.07) is 0. The Balaban J connectivity index is 2.65. The second-order valence-corrected chi connectivity index (χ2v) is 20.4. The van der Waals surface area contributed by atoms with Gasteiger partial charge in [0.05, 0.1) is 19.6 Å². The number of rotatable bonds is 6. The van der Waals surface area contributed by atoms with Crippen LogP contribution in [0.4, 0.5) is 0 Å². The number of esters is 1. The molecule has 0 spiro atoms. The molecule has 0 aliphatic heterocycles. The molecular formula is C22H40O5Si2. The Hall–Kier alpha value is -0.766. The maximum absolute atomic E-state index is 13.8. The number of hydrogen-bond donors (Lipinski definition) is 0. The number of hydrogen-bond acceptors (Lipinski definition) is 5. The van der Waals surface area contributed by atoms with Crippen LogP contribution >= 0.6 is 0 Å². The third-order valence-electron chi connectivity index (χ3n) is 6.20. The van der Waals surface area contributed by atoms with Gasteiger partial charge in [-0.1, -0.05) is 32.9 Å². The van der Waals surface area contributed by atoms with E-state index in [9.17, 15) is 9.59 Å². The number of fused-ring (bicyclic) bond motifs is 1. The summed E-state index contributed by atoms with van der Waals surface area (Å²) < 4.78 is 18.2. The lowest BCUT2D eigenvalue weighted by Crippen LogP contribution is -2.66. The number of Topliss-reactive ketones (excluding diaryl/α,β-unsaturated/α-hetero) is 1. The number of ether oxygens (including phenoxy) is 1. The van der Waals surface area contributed by atoms with Gasteiger partial charge in [0.25, 0.3) is 0 Å². The average molecular weight is 441 g/mol. The number of methoxy groups -OCH3 is 1. The van der Waals surface area contributed by atoms with Gasteiger partial charge >= 0.3 is 5.97 Å². The lowest BCUT2D eigenvalue weighted by Gasteiger charge is -2.59. The summed E-state index contributed by atoms with van der Waals surface area (Å²) in [4.78, 5) is 26.1. The Bertz CT molecular complexity index is 674. The Morgan fingerprint density at radius 1 is 1.07 bits per heavy atom. The summed E-state index contributed by atoms with van der Waals surface area (Å²) >= 11 is 0. The summed E-state index contributed by atoms with van der Waals surface area (Å²) in [7, 11) is -2.61. The Labute approximate surface area is 178 Å². The Morgan fingerprint density at radius 2 is 1.62 bits per heavy atom. The number of ketones is 1. The van der Waals surface area contributed by atoms with Crippen molar-refractivity contribution < 1.29 is 23.2 Å². The van der Waals surface area contributed by atoms with Gasteiger partial charge in [0, 0.05) is 17.3 Å². The normalized spacial score (nSPS) is 34.6. The van der Waals surface area contributed by atoms with Crippen molar-refractivity contribution in [2.75, 3.05) is 7.11 Å². The van der Waals surface area contributed by atoms with Crippen LogP contribution in [0, 0.1) is 22.7 Å². The molecule has 0 aromatic heterocycles. The zero-order valence-electron chi connectivity index (χ0n) is 19.9. The second-order valence-electron chi connectivity index (χ2n) is 11.5. The van der Waals surface area contributed by atoms with E-state index >= 15 is 0 Å². The third-order valence-corrected chi connectivity index (χ3v) is 8.14. The van der Waals surface area contributed by atoms with E-state index in [0.29, 0.717) is 0 Å². The van der Waals surface area contributed by atoms with Crippen LogP contribution in [0.1, 0.15) is 33.6 Å². The van der Waals surface area contributed by atoms with Crippen LogP contribution in [0.15, 0.2) is 12.2 Å². The molecule has 0 aromatic rings. The number of carbonyl (C=O) groups excluding carboxylic acids is 2. The smallest absolute Gasteiger partial charge is 0.306 e. The molecule has 0 saturated heterocycles. The summed E-state index contributed by atoms with van der Waals surface area (Å²) in [5, 5.41) is 0. The molecule has 1 saturated carbocycles. The van der Waals surface area contributed by atoms with Crippen molar-refractivity contribution in [3.05, 3.63) is 12.2 Å². The van der Waals surface area contributed by atoms with Crippen LogP contribution < -0.4 is 0 Å². The van der Waals surface area contributed by atoms with E-state index in [2.05, 4.69) is 72.2 Å². The quantitative estimate of drug-likeness (QED) is 0.337. The zero-order chi connectivity index (χ0) is 22.4. The van der Waals surface area contributed by atoms with Crippen molar-refractivity contribution in [1.29, 1.82) is 0 Å². The first kappa shape index (κ1) is 24.5. The molecule has 0 N–H and O–H groups in total. The molecule has 0 aromatic carbocycles. The minimum Gasteiger partial charge on any atom is -0.469 e. The summed E-state index contributed by atoms with van der Waals surface area (Å²) in [6.45, 7) is 19.4. The minimum absolute atomic E-state index is 0.0119. The van der Waals surface area contributed by atoms with Crippen molar-refractivity contribution in [2.24, 2.45) is 22.7 Å². The first-order valence-electron chi connectivity index (χ1n) is 10.7. The van der Waals surface area contributed by atoms with Crippen molar-refractivity contribution in [2.45, 2.75) is 85.1 Å². The number of allylic oxidation sites excluding steroid dienone is 2. The molecule has 2 rings (SSSR count). The molecule has 0 bridgehead atoms. The highest BCUT2D eigenvalue weighted by atomic mass is 28.4. The van der Waals surface area contributed by atoms with E-state index in [0.717, 1.165) is 6.42 Å². The predicted octanol–water partition coefficient (Wildman–Crippen LogP) is 4.80. The highest BCUT2D eigenvalue weighted by Gasteiger charge is 2.62. The van der Waals surface area contributed by atoms with E-state index in [1.165, 1.54) is 7.11 Å². The summed E-state index contributed by atoms with van der Waals surface area (Å²) in [6.07, 6.45) is 4.37. The predicted molar refractivity (Wildman–Crippen MR) is 121 cm³/mol. The molecule has 7 heteroatoms. The fourth-order valence-corrected chi connectivity index (χ4v) is 7.37. The molecule has 2 aliphatic rings. The van der Waals surface area contributed by atoms with Gasteiger partial charge in [-0.2, -0.15) is 0 Å². The molecule has 1 fully saturated rings. The van der Waals surface area contributed by atoms with Gasteiger partial charge in [-0.15, -0.1) is 0 Å². The van der Waals surface area contributed by atoms with E-state index < -0.39 is 34.1 Å². The van der Waals surface area contributed by atoms with Crippen LogP contribution in [-0.4, -0.2) is 47.7 Å². The van der Waals surface area contributed by atoms with Gasteiger partial charge in [0.2, 0.25) is 0 Å². The van der Waals surface area contributed by atoms with E-state index in [1.54, 1.807) is 0 Å². The monoisotopic (exact) mass is 440 g/mol. The molecule has 29 heavy (non-hydrogen) atoms. The molecule has 5 nitrogen and oxygen atoms in total. The molecule has 0 radical (unpaired) electrons. The van der Waals surface area contributed by atoms with Gasteiger partial charge in [-0.3, -0.25) is 9.59 Å². The Morgan fingerprint density at radius 3 is 2.10 bits per heavy atom. The zero-order valence-corrected chi connectivity index (χ0v) is 21.9. The average Bonchev–Trinajstić information content (AvgIpc) is 2.51. The van der Waals surface area contributed by atoms with Crippen LogP contribution in [0.5, 0.6) is 0 Å². The highest BCUT2D eigenvalue weighted by molar-refractivity contribution is 6.70. The lowest BCUT2D eigenvalue weighted by atomic mass is 9.48. The van der Waals surface area contributed by atoms with Gasteiger partial charge in [-0.25, -0.2) is 0 Å². The maximum atomic E-state index is 13.8. The first-order chi connectivity index (χ1) is 13.0. The van der Waals surface area contributed by atoms with Gasteiger partial charge < -0.3 is 13.6 Å². The standard InChI is InChI=1S/C22H40O5Si2/c1-21(2)12-11-13-22(3)15(14-16(23)25-4)17(24)18(26-28(5,6)7)19(20(21)22)27-29(8,9)10/h11,13,15,18-20H,12,14H2,1-10H3. The van der Waals surface area contributed by atoms with Crippen LogP contribution in [0.2, 0.25) is 39.3 Å². The van der Waals surface area contributed by atoms with Crippen LogP contribution in [0.25, 0.3) is 0 Å². The van der Waals surface area contributed by atoms with Gasteiger partial charge in [0.1, 0.15) is 6.10 Å². The minimum atomic E-state index is -2.03. The number of carbonyl (C=O) groups is 2. The molecule has 5 unspecified atom stereocenters. The molecule has 0 heterocycles. The Kier molecular flexibility index (Phi) is 6.81. The molecule has 2 aliphatic carbocycles. The van der Waals surface area contributed by atoms with Crippen molar-refractivity contribution in [3.63, 3.8) is 0 Å². The molecule has 166 valence electrons. The van der Waals surface area contributed by atoms with Crippen molar-refractivity contribution in [3.8, 4) is 0 Å². The topological polar surface area (TPSA) is 61.8 Å². The lowest BCUT2D eigenvalue weighted by molar-refractivity contribution is -0.172. The summed E-state index contributed by atoms with van der Waals surface area (Å²) in [5.74, 6) is -0.766. The highest BCUT2D eigenvalue weighted by Crippen LogP contribution is 2.58. The SMILES string of the molecule is COC(=O)CC1C(=O)C(O[Si](C)(C)C)C(O[Si](C)(C)C)C2C(C)(C)CC=CC12C. The molecule has 0 amide bonds. The molecule has 5 atom stereocenters. The molecular weight excluding hydrogens is 400 g/mol. The van der Waals surface area contributed by atoms with E-state index in [1.807, 2.05) is 0 Å². The third kappa shape index (κ3) is 5.29. The van der Waals surface area contributed by atoms with E-state index in [-0.39, 0.29) is 35.6 Å².